The molecule has 0 aliphatic rings. The third-order valence-electron chi connectivity index (χ3n) is 4.39. The molecule has 1 amide bonds. The molecule has 6 nitrogen and oxygen atoms in total. The molecule has 0 saturated heterocycles. The van der Waals surface area contributed by atoms with Crippen LogP contribution < -0.4 is 10.1 Å². The van der Waals surface area contributed by atoms with Crippen LogP contribution in [0.15, 0.2) is 53.7 Å². The lowest BCUT2D eigenvalue weighted by Gasteiger charge is -2.08. The van der Waals surface area contributed by atoms with Gasteiger partial charge in [-0.2, -0.15) is 0 Å². The van der Waals surface area contributed by atoms with E-state index in [0.717, 1.165) is 46.6 Å². The molecule has 0 saturated carbocycles. The van der Waals surface area contributed by atoms with Crippen molar-refractivity contribution in [2.45, 2.75) is 31.8 Å². The molecule has 1 heterocycles. The van der Waals surface area contributed by atoms with Gasteiger partial charge in [0.05, 0.1) is 6.61 Å². The van der Waals surface area contributed by atoms with E-state index in [2.05, 4.69) is 29.4 Å². The predicted octanol–water partition coefficient (Wildman–Crippen LogP) is 5.03. The van der Waals surface area contributed by atoms with Gasteiger partial charge >= 0.3 is 0 Å². The second-order valence-electron chi connectivity index (χ2n) is 6.56. The van der Waals surface area contributed by atoms with E-state index in [4.69, 9.17) is 4.74 Å². The van der Waals surface area contributed by atoms with Crippen LogP contribution in [0.2, 0.25) is 0 Å². The van der Waals surface area contributed by atoms with Gasteiger partial charge in [0.1, 0.15) is 5.75 Å². The SMILES string of the molecule is CCCCOc1ccc(C(=O)Nc2ccc(-c3nnc(SCC)n3C)cc2)cc1. The summed E-state index contributed by atoms with van der Waals surface area (Å²) < 4.78 is 7.61. The quantitative estimate of drug-likeness (QED) is 0.396. The average Bonchev–Trinajstić information content (AvgIpc) is 3.10. The van der Waals surface area contributed by atoms with Crippen molar-refractivity contribution < 1.29 is 9.53 Å². The fraction of sp³-hybridized carbons (Fsp3) is 0.318. The number of ether oxygens (including phenoxy) is 1. The van der Waals surface area contributed by atoms with Crippen molar-refractivity contribution in [1.29, 1.82) is 0 Å². The van der Waals surface area contributed by atoms with Crippen LogP contribution in [0, 0.1) is 0 Å². The molecule has 0 spiro atoms. The van der Waals surface area contributed by atoms with Crippen LogP contribution in [0.1, 0.15) is 37.0 Å². The first kappa shape index (κ1) is 20.9. The number of benzene rings is 2. The van der Waals surface area contributed by atoms with Crippen LogP contribution in [0.25, 0.3) is 11.4 Å². The minimum Gasteiger partial charge on any atom is -0.494 e. The fourth-order valence-corrected chi connectivity index (χ4v) is 3.40. The van der Waals surface area contributed by atoms with Gasteiger partial charge in [0, 0.05) is 23.9 Å². The molecule has 0 aliphatic heterocycles. The molecule has 3 rings (SSSR count). The summed E-state index contributed by atoms with van der Waals surface area (Å²) in [5, 5.41) is 12.3. The third-order valence-corrected chi connectivity index (χ3v) is 5.29. The zero-order valence-electron chi connectivity index (χ0n) is 17.0. The van der Waals surface area contributed by atoms with Crippen molar-refractivity contribution in [3.8, 4) is 17.1 Å². The summed E-state index contributed by atoms with van der Waals surface area (Å²) in [7, 11) is 1.96. The first-order valence-corrected chi connectivity index (χ1v) is 10.8. The normalized spacial score (nSPS) is 10.7. The summed E-state index contributed by atoms with van der Waals surface area (Å²) in [6, 6.07) is 14.8. The summed E-state index contributed by atoms with van der Waals surface area (Å²) in [5.41, 5.74) is 2.27. The highest BCUT2D eigenvalue weighted by Crippen LogP contribution is 2.24. The Hall–Kier alpha value is -2.80. The van der Waals surface area contributed by atoms with Crippen LogP contribution in [0.4, 0.5) is 5.69 Å². The van der Waals surface area contributed by atoms with Crippen molar-refractivity contribution in [2.24, 2.45) is 7.05 Å². The summed E-state index contributed by atoms with van der Waals surface area (Å²) in [6.45, 7) is 4.90. The summed E-state index contributed by atoms with van der Waals surface area (Å²) in [6.07, 6.45) is 2.11. The number of unbranched alkanes of at least 4 members (excludes halogenated alkanes) is 1. The lowest BCUT2D eigenvalue weighted by atomic mass is 10.1. The molecule has 3 aromatic rings. The maximum atomic E-state index is 12.5. The summed E-state index contributed by atoms with van der Waals surface area (Å²) >= 11 is 1.66. The first-order chi connectivity index (χ1) is 14.1. The number of carbonyl (C=O) groups is 1. The molecule has 0 aliphatic carbocycles. The molecular weight excluding hydrogens is 384 g/mol. The van der Waals surface area contributed by atoms with Gasteiger partial charge in [0.15, 0.2) is 11.0 Å². The van der Waals surface area contributed by atoms with Gasteiger partial charge in [-0.25, -0.2) is 0 Å². The zero-order valence-corrected chi connectivity index (χ0v) is 17.8. The molecule has 152 valence electrons. The molecule has 0 fully saturated rings. The van der Waals surface area contributed by atoms with Gasteiger partial charge in [-0.15, -0.1) is 10.2 Å². The number of thioether (sulfide) groups is 1. The number of hydrogen-bond donors (Lipinski definition) is 1. The van der Waals surface area contributed by atoms with Crippen LogP contribution in [-0.2, 0) is 7.05 Å². The zero-order chi connectivity index (χ0) is 20.6. The predicted molar refractivity (Wildman–Crippen MR) is 118 cm³/mol. The molecule has 29 heavy (non-hydrogen) atoms. The first-order valence-electron chi connectivity index (χ1n) is 9.79. The van der Waals surface area contributed by atoms with Gasteiger partial charge in [-0.1, -0.05) is 32.0 Å². The van der Waals surface area contributed by atoms with Crippen LogP contribution in [0.3, 0.4) is 0 Å². The van der Waals surface area contributed by atoms with Crippen molar-refractivity contribution in [3.63, 3.8) is 0 Å². The van der Waals surface area contributed by atoms with Crippen molar-refractivity contribution in [3.05, 3.63) is 54.1 Å². The van der Waals surface area contributed by atoms with Crippen LogP contribution in [-0.4, -0.2) is 33.0 Å². The molecule has 1 N–H and O–H groups in total. The van der Waals surface area contributed by atoms with Gasteiger partial charge in [-0.3, -0.25) is 4.79 Å². The van der Waals surface area contributed by atoms with Gasteiger partial charge in [0.2, 0.25) is 0 Å². The van der Waals surface area contributed by atoms with Crippen LogP contribution in [0.5, 0.6) is 5.75 Å². The number of amides is 1. The molecule has 0 bridgehead atoms. The third kappa shape index (κ3) is 5.38. The van der Waals surface area contributed by atoms with E-state index >= 15 is 0 Å². The largest absolute Gasteiger partial charge is 0.494 e. The van der Waals surface area contributed by atoms with Gasteiger partial charge in [-0.05, 0) is 60.7 Å². The number of aromatic nitrogens is 3. The van der Waals surface area contributed by atoms with E-state index in [1.54, 1.807) is 23.9 Å². The fourth-order valence-electron chi connectivity index (χ4n) is 2.76. The van der Waals surface area contributed by atoms with Gasteiger partial charge < -0.3 is 14.6 Å². The molecule has 0 radical (unpaired) electrons. The minimum absolute atomic E-state index is 0.154. The standard InChI is InChI=1S/C22H26N4O2S/c1-4-6-15-28-19-13-9-17(10-14-19)21(27)23-18-11-7-16(8-12-18)20-24-25-22(26(20)3)29-5-2/h7-14H,4-6,15H2,1-3H3,(H,23,27). The monoisotopic (exact) mass is 410 g/mol. The van der Waals surface area contributed by atoms with Crippen molar-refractivity contribution >= 4 is 23.4 Å². The van der Waals surface area contributed by atoms with Crippen LogP contribution >= 0.6 is 11.8 Å². The topological polar surface area (TPSA) is 69.0 Å². The number of nitrogens with zero attached hydrogens (tertiary/aromatic N) is 3. The molecule has 0 atom stereocenters. The Bertz CT molecular complexity index is 936. The van der Waals surface area contributed by atoms with E-state index in [-0.39, 0.29) is 5.91 Å². The summed E-state index contributed by atoms with van der Waals surface area (Å²) in [4.78, 5) is 12.5. The molecular formula is C22H26N4O2S. The molecule has 7 heteroatoms. The minimum atomic E-state index is -0.154. The number of rotatable bonds is 9. The Morgan fingerprint density at radius 1 is 1.07 bits per heavy atom. The number of hydrogen-bond acceptors (Lipinski definition) is 5. The maximum absolute atomic E-state index is 12.5. The number of anilines is 1. The Labute approximate surface area is 175 Å². The second kappa shape index (κ2) is 10.1. The van der Waals surface area contributed by atoms with Gasteiger partial charge in [0.25, 0.3) is 5.91 Å². The second-order valence-corrected chi connectivity index (χ2v) is 7.79. The molecule has 2 aromatic carbocycles. The van der Waals surface area contributed by atoms with E-state index in [9.17, 15) is 4.79 Å². The smallest absolute Gasteiger partial charge is 0.255 e. The Morgan fingerprint density at radius 3 is 2.45 bits per heavy atom. The highest BCUT2D eigenvalue weighted by atomic mass is 32.2. The van der Waals surface area contributed by atoms with E-state index in [1.807, 2.05) is 48.0 Å². The Kier molecular flexibility index (Phi) is 7.30. The Morgan fingerprint density at radius 2 is 1.79 bits per heavy atom. The number of carbonyl (C=O) groups excluding carboxylic acids is 1. The van der Waals surface area contributed by atoms with E-state index in [0.29, 0.717) is 12.2 Å². The highest BCUT2D eigenvalue weighted by Gasteiger charge is 2.11. The van der Waals surface area contributed by atoms with E-state index < -0.39 is 0 Å². The lowest BCUT2D eigenvalue weighted by Crippen LogP contribution is -2.11. The summed E-state index contributed by atoms with van der Waals surface area (Å²) in [5.74, 6) is 2.38. The average molecular weight is 411 g/mol. The highest BCUT2D eigenvalue weighted by molar-refractivity contribution is 7.99. The van der Waals surface area contributed by atoms with Crippen molar-refractivity contribution in [2.75, 3.05) is 17.7 Å². The molecule has 0 unspecified atom stereocenters. The number of nitrogens with one attached hydrogen (secondary N) is 1. The maximum Gasteiger partial charge on any atom is 0.255 e. The Balaban J connectivity index is 1.63. The lowest BCUT2D eigenvalue weighted by molar-refractivity contribution is 0.102. The van der Waals surface area contributed by atoms with Crippen molar-refractivity contribution in [1.82, 2.24) is 14.8 Å². The van der Waals surface area contributed by atoms with E-state index in [1.165, 1.54) is 0 Å². The molecule has 1 aromatic heterocycles.